The zero-order valence-corrected chi connectivity index (χ0v) is 16.3. The third kappa shape index (κ3) is 5.10. The molecule has 2 aromatic carbocycles. The van der Waals surface area contributed by atoms with Crippen molar-refractivity contribution in [1.29, 1.82) is 0 Å². The fourth-order valence-corrected chi connectivity index (χ4v) is 3.30. The molecule has 1 fully saturated rings. The van der Waals surface area contributed by atoms with E-state index in [4.69, 9.17) is 19.9 Å². The Morgan fingerprint density at radius 1 is 1.11 bits per heavy atom. The Kier molecular flexibility index (Phi) is 7.03. The lowest BCUT2D eigenvalue weighted by Crippen LogP contribution is -2.46. The second-order valence-corrected chi connectivity index (χ2v) is 7.09. The molecule has 1 amide bonds. The number of rotatable bonds is 8. The standard InChI is InChI=1S/C22H28N2O4/c1-26-20-7-5-17(6-8-20)14-28-15-18-3-2-4-19(13-18)24-21(25)22(16-23)9-11-27-12-10-22/h2-8,13H,9-12,14-16,23H2,1H3,(H,24,25). The van der Waals surface area contributed by atoms with E-state index in [1.165, 1.54) is 0 Å². The molecule has 3 N–H and O–H groups in total. The van der Waals surface area contributed by atoms with Crippen molar-refractivity contribution in [2.24, 2.45) is 11.1 Å². The van der Waals surface area contributed by atoms with Crippen molar-refractivity contribution in [2.75, 3.05) is 32.2 Å². The summed E-state index contributed by atoms with van der Waals surface area (Å²) in [4.78, 5) is 12.8. The summed E-state index contributed by atoms with van der Waals surface area (Å²) < 4.78 is 16.3. The molecule has 0 aliphatic carbocycles. The molecule has 28 heavy (non-hydrogen) atoms. The highest BCUT2D eigenvalue weighted by molar-refractivity contribution is 5.95. The number of methoxy groups -OCH3 is 1. The monoisotopic (exact) mass is 384 g/mol. The van der Waals surface area contributed by atoms with Gasteiger partial charge in [-0.2, -0.15) is 0 Å². The average Bonchev–Trinajstić information content (AvgIpc) is 2.75. The van der Waals surface area contributed by atoms with E-state index in [2.05, 4.69) is 5.32 Å². The maximum Gasteiger partial charge on any atom is 0.232 e. The molecular weight excluding hydrogens is 356 g/mol. The van der Waals surface area contributed by atoms with Gasteiger partial charge in [0.05, 0.1) is 25.7 Å². The predicted molar refractivity (Wildman–Crippen MR) is 108 cm³/mol. The van der Waals surface area contributed by atoms with Crippen LogP contribution in [0.4, 0.5) is 5.69 Å². The highest BCUT2D eigenvalue weighted by atomic mass is 16.5. The van der Waals surface area contributed by atoms with Gasteiger partial charge in [0.15, 0.2) is 0 Å². The molecule has 0 aromatic heterocycles. The number of ether oxygens (including phenoxy) is 3. The summed E-state index contributed by atoms with van der Waals surface area (Å²) in [5.74, 6) is 0.793. The molecule has 0 spiro atoms. The lowest BCUT2D eigenvalue weighted by molar-refractivity contribution is -0.130. The van der Waals surface area contributed by atoms with Gasteiger partial charge in [-0.3, -0.25) is 4.79 Å². The summed E-state index contributed by atoms with van der Waals surface area (Å²) in [5.41, 5.74) is 8.21. The van der Waals surface area contributed by atoms with Crippen molar-refractivity contribution in [3.8, 4) is 5.75 Å². The second-order valence-electron chi connectivity index (χ2n) is 7.09. The smallest absolute Gasteiger partial charge is 0.232 e. The van der Waals surface area contributed by atoms with Crippen LogP contribution in [0.1, 0.15) is 24.0 Å². The molecule has 1 heterocycles. The fraction of sp³-hybridized carbons (Fsp3) is 0.409. The van der Waals surface area contributed by atoms with Gasteiger partial charge in [-0.15, -0.1) is 0 Å². The van der Waals surface area contributed by atoms with Gasteiger partial charge in [0.25, 0.3) is 0 Å². The third-order valence-electron chi connectivity index (χ3n) is 5.20. The van der Waals surface area contributed by atoms with Crippen molar-refractivity contribution >= 4 is 11.6 Å². The Hall–Kier alpha value is -2.41. The molecule has 0 atom stereocenters. The molecule has 6 nitrogen and oxygen atoms in total. The van der Waals surface area contributed by atoms with E-state index in [1.807, 2.05) is 48.5 Å². The molecular formula is C22H28N2O4. The van der Waals surface area contributed by atoms with Crippen LogP contribution in [0.2, 0.25) is 0 Å². The number of hydrogen-bond donors (Lipinski definition) is 2. The first kappa shape index (κ1) is 20.3. The molecule has 3 rings (SSSR count). The number of carbonyl (C=O) groups excluding carboxylic acids is 1. The van der Waals surface area contributed by atoms with E-state index in [-0.39, 0.29) is 5.91 Å². The highest BCUT2D eigenvalue weighted by Gasteiger charge is 2.38. The van der Waals surface area contributed by atoms with Gasteiger partial charge in [0.2, 0.25) is 5.91 Å². The zero-order valence-electron chi connectivity index (χ0n) is 16.3. The van der Waals surface area contributed by atoms with Crippen LogP contribution in [-0.4, -0.2) is 32.8 Å². The maximum atomic E-state index is 12.8. The van der Waals surface area contributed by atoms with E-state index in [0.717, 1.165) is 22.6 Å². The summed E-state index contributed by atoms with van der Waals surface area (Å²) in [6.07, 6.45) is 1.31. The number of hydrogen-bond acceptors (Lipinski definition) is 5. The van der Waals surface area contributed by atoms with Crippen LogP contribution in [0, 0.1) is 5.41 Å². The summed E-state index contributed by atoms with van der Waals surface area (Å²) in [6, 6.07) is 15.5. The summed E-state index contributed by atoms with van der Waals surface area (Å²) in [6.45, 7) is 2.45. The molecule has 0 saturated carbocycles. The van der Waals surface area contributed by atoms with Crippen molar-refractivity contribution in [2.45, 2.75) is 26.1 Å². The van der Waals surface area contributed by atoms with Crippen LogP contribution in [0.15, 0.2) is 48.5 Å². The summed E-state index contributed by atoms with van der Waals surface area (Å²) in [7, 11) is 1.65. The largest absolute Gasteiger partial charge is 0.497 e. The SMILES string of the molecule is COc1ccc(COCc2cccc(NC(=O)C3(CN)CCOCC3)c2)cc1. The Labute approximate surface area is 166 Å². The van der Waals surface area contributed by atoms with E-state index in [0.29, 0.717) is 45.8 Å². The lowest BCUT2D eigenvalue weighted by atomic mass is 9.79. The first-order valence-corrected chi connectivity index (χ1v) is 9.54. The minimum Gasteiger partial charge on any atom is -0.497 e. The molecule has 2 aromatic rings. The molecule has 1 saturated heterocycles. The number of benzene rings is 2. The Bertz CT molecular complexity index is 770. The predicted octanol–water partition coefficient (Wildman–Crippen LogP) is 3.11. The number of amides is 1. The molecule has 1 aliphatic rings. The number of anilines is 1. The van der Waals surface area contributed by atoms with Crippen LogP contribution in [0.25, 0.3) is 0 Å². The van der Waals surface area contributed by atoms with Crippen LogP contribution >= 0.6 is 0 Å². The van der Waals surface area contributed by atoms with Gasteiger partial charge in [-0.25, -0.2) is 0 Å². The summed E-state index contributed by atoms with van der Waals surface area (Å²) in [5, 5.41) is 3.02. The van der Waals surface area contributed by atoms with Gasteiger partial charge >= 0.3 is 0 Å². The second kappa shape index (κ2) is 9.68. The van der Waals surface area contributed by atoms with Gasteiger partial charge in [0.1, 0.15) is 5.75 Å². The van der Waals surface area contributed by atoms with Crippen molar-refractivity contribution < 1.29 is 19.0 Å². The molecule has 0 bridgehead atoms. The molecule has 150 valence electrons. The molecule has 1 aliphatic heterocycles. The minimum absolute atomic E-state index is 0.0328. The van der Waals surface area contributed by atoms with Gasteiger partial charge in [-0.05, 0) is 48.2 Å². The normalized spacial score (nSPS) is 15.8. The quantitative estimate of drug-likeness (QED) is 0.731. The van der Waals surface area contributed by atoms with Crippen LogP contribution in [0.5, 0.6) is 5.75 Å². The third-order valence-corrected chi connectivity index (χ3v) is 5.20. The van der Waals surface area contributed by atoms with Gasteiger partial charge in [-0.1, -0.05) is 24.3 Å². The first-order valence-electron chi connectivity index (χ1n) is 9.54. The zero-order chi connectivity index (χ0) is 19.8. The van der Waals surface area contributed by atoms with E-state index < -0.39 is 5.41 Å². The Morgan fingerprint density at radius 2 is 1.82 bits per heavy atom. The maximum absolute atomic E-state index is 12.8. The molecule has 0 unspecified atom stereocenters. The first-order chi connectivity index (χ1) is 13.6. The average molecular weight is 384 g/mol. The lowest BCUT2D eigenvalue weighted by Gasteiger charge is -2.34. The Morgan fingerprint density at radius 3 is 2.50 bits per heavy atom. The van der Waals surface area contributed by atoms with E-state index in [1.54, 1.807) is 7.11 Å². The van der Waals surface area contributed by atoms with Crippen molar-refractivity contribution in [1.82, 2.24) is 0 Å². The van der Waals surface area contributed by atoms with Crippen LogP contribution in [-0.2, 0) is 27.5 Å². The minimum atomic E-state index is -0.543. The molecule has 0 radical (unpaired) electrons. The van der Waals surface area contributed by atoms with E-state index >= 15 is 0 Å². The highest BCUT2D eigenvalue weighted by Crippen LogP contribution is 2.31. The molecule has 6 heteroatoms. The number of nitrogens with two attached hydrogens (primary N) is 1. The number of carbonyl (C=O) groups is 1. The summed E-state index contributed by atoms with van der Waals surface area (Å²) >= 11 is 0. The van der Waals surface area contributed by atoms with Crippen LogP contribution < -0.4 is 15.8 Å². The van der Waals surface area contributed by atoms with Crippen molar-refractivity contribution in [3.05, 3.63) is 59.7 Å². The van der Waals surface area contributed by atoms with Crippen molar-refractivity contribution in [3.63, 3.8) is 0 Å². The fourth-order valence-electron chi connectivity index (χ4n) is 3.30. The van der Waals surface area contributed by atoms with Gasteiger partial charge in [0, 0.05) is 25.4 Å². The van der Waals surface area contributed by atoms with Gasteiger partial charge < -0.3 is 25.3 Å². The number of nitrogens with one attached hydrogen (secondary N) is 1. The topological polar surface area (TPSA) is 82.8 Å². The van der Waals surface area contributed by atoms with E-state index in [9.17, 15) is 4.79 Å². The van der Waals surface area contributed by atoms with Crippen LogP contribution in [0.3, 0.4) is 0 Å². The Balaban J connectivity index is 1.55.